The summed E-state index contributed by atoms with van der Waals surface area (Å²) >= 11 is 7.33. The van der Waals surface area contributed by atoms with Crippen molar-refractivity contribution in [1.29, 1.82) is 0 Å². The summed E-state index contributed by atoms with van der Waals surface area (Å²) in [7, 11) is 0. The van der Waals surface area contributed by atoms with Gasteiger partial charge >= 0.3 is 0 Å². The van der Waals surface area contributed by atoms with Gasteiger partial charge in [0.25, 0.3) is 0 Å². The van der Waals surface area contributed by atoms with Crippen LogP contribution in [-0.2, 0) is 6.42 Å². The van der Waals surface area contributed by atoms with Gasteiger partial charge in [-0.05, 0) is 17.7 Å². The highest BCUT2D eigenvalue weighted by Gasteiger charge is 2.10. The van der Waals surface area contributed by atoms with E-state index >= 15 is 0 Å². The molecular weight excluding hydrogens is 270 g/mol. The van der Waals surface area contributed by atoms with Crippen LogP contribution in [-0.4, -0.2) is 27.2 Å². The molecule has 0 unspecified atom stereocenters. The summed E-state index contributed by atoms with van der Waals surface area (Å²) in [6, 6.07) is 7.59. The molecule has 0 saturated heterocycles. The predicted octanol–water partition coefficient (Wildman–Crippen LogP) is 1.29. The van der Waals surface area contributed by atoms with Crippen LogP contribution in [0.1, 0.15) is 11.4 Å². The zero-order valence-electron chi connectivity index (χ0n) is 9.71. The Balaban J connectivity index is 2.09. The Bertz CT molecular complexity index is 511. The Hall–Kier alpha value is -1.24. The van der Waals surface area contributed by atoms with Gasteiger partial charge in [-0.25, -0.2) is 4.68 Å². The van der Waals surface area contributed by atoms with Crippen LogP contribution < -0.4 is 11.6 Å². The van der Waals surface area contributed by atoms with E-state index in [1.54, 1.807) is 0 Å². The first-order chi connectivity index (χ1) is 8.70. The van der Waals surface area contributed by atoms with Gasteiger partial charge in [0.05, 0.1) is 0 Å². The second-order valence-corrected chi connectivity index (χ2v) is 5.21. The van der Waals surface area contributed by atoms with Crippen molar-refractivity contribution in [2.75, 3.05) is 18.1 Å². The average Bonchev–Trinajstić information content (AvgIpc) is 2.71. The molecule has 0 bridgehead atoms. The lowest BCUT2D eigenvalue weighted by atomic mass is 10.1. The Labute approximate surface area is 114 Å². The highest BCUT2D eigenvalue weighted by atomic mass is 35.5. The fraction of sp³-hybridized carbons (Fsp3) is 0.273. The van der Waals surface area contributed by atoms with Crippen LogP contribution in [0.5, 0.6) is 0 Å². The van der Waals surface area contributed by atoms with E-state index < -0.39 is 0 Å². The molecule has 2 aromatic rings. The van der Waals surface area contributed by atoms with Gasteiger partial charge in [0.2, 0.25) is 5.16 Å². The molecule has 4 N–H and O–H groups in total. The van der Waals surface area contributed by atoms with E-state index in [0.717, 1.165) is 17.1 Å². The third kappa shape index (κ3) is 3.16. The molecule has 0 amide bonds. The molecule has 1 aromatic heterocycles. The van der Waals surface area contributed by atoms with Crippen LogP contribution in [0.25, 0.3) is 0 Å². The number of nitrogen functional groups attached to an aromatic ring is 1. The van der Waals surface area contributed by atoms with Crippen molar-refractivity contribution >= 4 is 23.4 Å². The molecule has 7 heteroatoms. The minimum absolute atomic E-state index is 0.587. The van der Waals surface area contributed by atoms with Gasteiger partial charge in [0.15, 0.2) is 5.82 Å². The Kier molecular flexibility index (Phi) is 4.46. The first-order valence-corrected chi connectivity index (χ1v) is 6.83. The molecule has 0 aliphatic heterocycles. The summed E-state index contributed by atoms with van der Waals surface area (Å²) in [5.74, 6) is 7.42. The summed E-state index contributed by atoms with van der Waals surface area (Å²) in [5, 5.41) is 9.52. The van der Waals surface area contributed by atoms with Crippen molar-refractivity contribution in [2.45, 2.75) is 11.6 Å². The van der Waals surface area contributed by atoms with E-state index in [1.165, 1.54) is 16.4 Å². The fourth-order valence-corrected chi connectivity index (χ4v) is 2.23. The first-order valence-electron chi connectivity index (χ1n) is 5.47. The molecule has 5 nitrogen and oxygen atoms in total. The van der Waals surface area contributed by atoms with E-state index in [2.05, 4.69) is 10.2 Å². The van der Waals surface area contributed by atoms with Crippen LogP contribution in [0.2, 0.25) is 5.02 Å². The topological polar surface area (TPSA) is 82.8 Å². The lowest BCUT2D eigenvalue weighted by molar-refractivity contribution is 0.805. The third-order valence-electron chi connectivity index (χ3n) is 2.36. The number of hydrogen-bond donors (Lipinski definition) is 2. The zero-order chi connectivity index (χ0) is 13.0. The molecular formula is C11H14ClN5S. The molecule has 2 rings (SSSR count). The monoisotopic (exact) mass is 283 g/mol. The number of aromatic nitrogens is 3. The zero-order valence-corrected chi connectivity index (χ0v) is 11.3. The average molecular weight is 284 g/mol. The summed E-state index contributed by atoms with van der Waals surface area (Å²) in [6.45, 7) is 0.587. The van der Waals surface area contributed by atoms with Gasteiger partial charge in [-0.1, -0.05) is 35.5 Å². The molecule has 0 radical (unpaired) electrons. The minimum Gasteiger partial charge on any atom is -0.336 e. The van der Waals surface area contributed by atoms with Crippen molar-refractivity contribution in [3.8, 4) is 0 Å². The van der Waals surface area contributed by atoms with E-state index in [0.29, 0.717) is 23.1 Å². The quantitative estimate of drug-likeness (QED) is 0.638. The van der Waals surface area contributed by atoms with Crippen LogP contribution in [0.4, 0.5) is 0 Å². The molecule has 0 spiro atoms. The number of nitrogens with two attached hydrogens (primary N) is 2. The molecule has 0 aliphatic rings. The normalized spacial score (nSPS) is 10.8. The minimum atomic E-state index is 0.587. The number of thioether (sulfide) groups is 1. The smallest absolute Gasteiger partial charge is 0.209 e. The number of rotatable bonds is 5. The summed E-state index contributed by atoms with van der Waals surface area (Å²) < 4.78 is 1.51. The van der Waals surface area contributed by atoms with Crippen molar-refractivity contribution in [3.05, 3.63) is 40.7 Å². The van der Waals surface area contributed by atoms with Crippen molar-refractivity contribution in [2.24, 2.45) is 5.73 Å². The van der Waals surface area contributed by atoms with E-state index in [4.69, 9.17) is 23.2 Å². The highest BCUT2D eigenvalue weighted by molar-refractivity contribution is 7.99. The Morgan fingerprint density at radius 3 is 2.61 bits per heavy atom. The van der Waals surface area contributed by atoms with Gasteiger partial charge in [-0.3, -0.25) is 0 Å². The predicted molar refractivity (Wildman–Crippen MR) is 74.2 cm³/mol. The molecule has 0 fully saturated rings. The van der Waals surface area contributed by atoms with Crippen LogP contribution >= 0.6 is 23.4 Å². The molecule has 1 heterocycles. The molecule has 0 aliphatic carbocycles. The lowest BCUT2D eigenvalue weighted by Gasteiger charge is -2.03. The van der Waals surface area contributed by atoms with E-state index in [9.17, 15) is 0 Å². The maximum absolute atomic E-state index is 5.93. The van der Waals surface area contributed by atoms with Gasteiger partial charge in [0, 0.05) is 23.7 Å². The summed E-state index contributed by atoms with van der Waals surface area (Å²) in [6.07, 6.45) is 0.629. The van der Waals surface area contributed by atoms with E-state index in [-0.39, 0.29) is 0 Å². The van der Waals surface area contributed by atoms with Crippen LogP contribution in [0, 0.1) is 0 Å². The second-order valence-electron chi connectivity index (χ2n) is 3.71. The number of hydrogen-bond acceptors (Lipinski definition) is 5. The van der Waals surface area contributed by atoms with Crippen molar-refractivity contribution in [1.82, 2.24) is 14.9 Å². The first kappa shape index (κ1) is 13.2. The van der Waals surface area contributed by atoms with Gasteiger partial charge < -0.3 is 11.6 Å². The summed E-state index contributed by atoms with van der Waals surface area (Å²) in [4.78, 5) is 0. The Morgan fingerprint density at radius 1 is 1.22 bits per heavy atom. The molecule has 96 valence electrons. The van der Waals surface area contributed by atoms with Crippen molar-refractivity contribution < 1.29 is 0 Å². The standard InChI is InChI=1S/C11H14ClN5S/c12-9-3-1-8(2-4-9)7-10-15-16-11(17(10)14)18-6-5-13/h1-4H,5-7,13-14H2. The number of halogens is 1. The molecule has 1 aromatic carbocycles. The fourth-order valence-electron chi connectivity index (χ4n) is 1.46. The van der Waals surface area contributed by atoms with Crippen LogP contribution in [0.15, 0.2) is 29.4 Å². The second kappa shape index (κ2) is 6.08. The Morgan fingerprint density at radius 2 is 1.94 bits per heavy atom. The maximum atomic E-state index is 5.93. The largest absolute Gasteiger partial charge is 0.336 e. The van der Waals surface area contributed by atoms with Gasteiger partial charge in [-0.15, -0.1) is 10.2 Å². The van der Waals surface area contributed by atoms with Crippen LogP contribution in [0.3, 0.4) is 0 Å². The highest BCUT2D eigenvalue weighted by Crippen LogP contribution is 2.16. The molecule has 0 saturated carbocycles. The summed E-state index contributed by atoms with van der Waals surface area (Å²) in [5.41, 5.74) is 6.53. The van der Waals surface area contributed by atoms with Gasteiger partial charge in [-0.2, -0.15) is 0 Å². The molecule has 18 heavy (non-hydrogen) atoms. The van der Waals surface area contributed by atoms with Crippen molar-refractivity contribution in [3.63, 3.8) is 0 Å². The lowest BCUT2D eigenvalue weighted by Crippen LogP contribution is -2.15. The SMILES string of the molecule is NCCSc1nnc(Cc2ccc(Cl)cc2)n1N. The maximum Gasteiger partial charge on any atom is 0.209 e. The molecule has 0 atom stereocenters. The number of nitrogens with zero attached hydrogens (tertiary/aromatic N) is 3. The van der Waals surface area contributed by atoms with Gasteiger partial charge in [0.1, 0.15) is 0 Å². The number of benzene rings is 1. The third-order valence-corrected chi connectivity index (χ3v) is 3.59. The van der Waals surface area contributed by atoms with E-state index in [1.807, 2.05) is 24.3 Å².